The van der Waals surface area contributed by atoms with Gasteiger partial charge in [-0.25, -0.2) is 0 Å². The topological polar surface area (TPSA) is 38.8 Å². The summed E-state index contributed by atoms with van der Waals surface area (Å²) in [7, 11) is 1.56. The minimum absolute atomic E-state index is 0.0122. The van der Waals surface area contributed by atoms with Crippen molar-refractivity contribution < 1.29 is 14.3 Å². The van der Waals surface area contributed by atoms with Crippen LogP contribution in [0.5, 0.6) is 11.5 Å². The van der Waals surface area contributed by atoms with E-state index in [0.717, 1.165) is 5.56 Å². The van der Waals surface area contributed by atoms with E-state index in [9.17, 15) is 4.79 Å². The average molecular weight is 286 g/mol. The molecule has 0 N–H and O–H groups in total. The van der Waals surface area contributed by atoms with E-state index < -0.39 is 0 Å². The lowest BCUT2D eigenvalue weighted by molar-refractivity contribution is -0.132. The predicted octanol–water partition coefficient (Wildman–Crippen LogP) is 2.68. The first-order valence-electron chi connectivity index (χ1n) is 6.29. The molecule has 0 atom stereocenters. The van der Waals surface area contributed by atoms with Crippen LogP contribution in [0.4, 0.5) is 0 Å². The van der Waals surface area contributed by atoms with E-state index >= 15 is 0 Å². The molecule has 4 nitrogen and oxygen atoms in total. The predicted molar refractivity (Wildman–Crippen MR) is 76.0 cm³/mol. The first-order chi connectivity index (χ1) is 9.15. The molecule has 19 heavy (non-hydrogen) atoms. The molecule has 1 aromatic carbocycles. The van der Waals surface area contributed by atoms with Crippen molar-refractivity contribution in [2.75, 3.05) is 26.8 Å². The van der Waals surface area contributed by atoms with Gasteiger partial charge in [0, 0.05) is 19.0 Å². The summed E-state index contributed by atoms with van der Waals surface area (Å²) in [6.45, 7) is 5.26. The molecule has 5 heteroatoms. The molecule has 0 aromatic heterocycles. The van der Waals surface area contributed by atoms with Crippen LogP contribution in [0.25, 0.3) is 0 Å². The Kier molecular flexibility index (Phi) is 6.50. The van der Waals surface area contributed by atoms with Crippen LogP contribution in [-0.4, -0.2) is 37.6 Å². The maximum absolute atomic E-state index is 11.8. The molecule has 1 amide bonds. The summed E-state index contributed by atoms with van der Waals surface area (Å²) in [6, 6.07) is 5.43. The molecule has 0 aliphatic carbocycles. The molecule has 0 aliphatic heterocycles. The monoisotopic (exact) mass is 285 g/mol. The third-order valence-electron chi connectivity index (χ3n) is 2.85. The summed E-state index contributed by atoms with van der Waals surface area (Å²) in [5, 5.41) is 0. The number of amides is 1. The van der Waals surface area contributed by atoms with Crippen LogP contribution in [0.3, 0.4) is 0 Å². The van der Waals surface area contributed by atoms with Gasteiger partial charge in [0.1, 0.15) is 0 Å². The van der Waals surface area contributed by atoms with Crippen molar-refractivity contribution >= 4 is 17.5 Å². The van der Waals surface area contributed by atoms with E-state index in [1.165, 1.54) is 0 Å². The quantitative estimate of drug-likeness (QED) is 0.723. The Labute approximate surface area is 119 Å². The lowest BCUT2D eigenvalue weighted by atomic mass is 10.2. The van der Waals surface area contributed by atoms with Crippen molar-refractivity contribution in [2.24, 2.45) is 0 Å². The van der Waals surface area contributed by atoms with Gasteiger partial charge in [0.25, 0.3) is 5.91 Å². The summed E-state index contributed by atoms with van der Waals surface area (Å²) in [5.41, 5.74) is 0.945. The highest BCUT2D eigenvalue weighted by Crippen LogP contribution is 2.28. The van der Waals surface area contributed by atoms with E-state index in [1.54, 1.807) is 18.1 Å². The number of halogens is 1. The van der Waals surface area contributed by atoms with Gasteiger partial charge in [-0.05, 0) is 31.5 Å². The number of rotatable bonds is 7. The zero-order chi connectivity index (χ0) is 14.3. The molecule has 0 aliphatic rings. The normalized spacial score (nSPS) is 10.1. The third-order valence-corrected chi connectivity index (χ3v) is 3.16. The van der Waals surface area contributed by atoms with E-state index in [1.807, 2.05) is 26.0 Å². The summed E-state index contributed by atoms with van der Waals surface area (Å²) < 4.78 is 10.7. The second-order valence-corrected chi connectivity index (χ2v) is 4.24. The van der Waals surface area contributed by atoms with Gasteiger partial charge in [-0.2, -0.15) is 0 Å². The minimum atomic E-state index is -0.0338. The zero-order valence-electron chi connectivity index (χ0n) is 11.6. The largest absolute Gasteiger partial charge is 0.493 e. The molecule has 0 unspecified atom stereocenters. The van der Waals surface area contributed by atoms with Crippen LogP contribution in [0.1, 0.15) is 19.4 Å². The Hall–Kier alpha value is -1.42. The number of carbonyl (C=O) groups is 1. The number of hydrogen-bond acceptors (Lipinski definition) is 3. The lowest BCUT2D eigenvalue weighted by Gasteiger charge is -2.19. The molecule has 1 rings (SSSR count). The summed E-state index contributed by atoms with van der Waals surface area (Å²) in [5.74, 6) is 1.52. The fraction of sp³-hybridized carbons (Fsp3) is 0.500. The number of nitrogens with zero attached hydrogens (tertiary/aromatic N) is 1. The summed E-state index contributed by atoms with van der Waals surface area (Å²) in [4.78, 5) is 13.6. The number of methoxy groups -OCH3 is 1. The van der Waals surface area contributed by atoms with Crippen LogP contribution < -0.4 is 9.47 Å². The maximum atomic E-state index is 11.8. The first-order valence-corrected chi connectivity index (χ1v) is 6.83. The highest BCUT2D eigenvalue weighted by atomic mass is 35.5. The molecule has 0 saturated heterocycles. The molecular formula is C14H20ClNO3. The SMILES string of the molecule is CCN(CC)C(=O)COc1ccc(CCl)cc1OC. The van der Waals surface area contributed by atoms with Gasteiger partial charge in [0.15, 0.2) is 18.1 Å². The standard InChI is InChI=1S/C14H20ClNO3/c1-4-16(5-2)14(17)10-19-12-7-6-11(9-15)8-13(12)18-3/h6-8H,4-5,9-10H2,1-3H3. The molecule has 0 bridgehead atoms. The van der Waals surface area contributed by atoms with E-state index in [-0.39, 0.29) is 12.5 Å². The van der Waals surface area contributed by atoms with Gasteiger partial charge < -0.3 is 14.4 Å². The Balaban J connectivity index is 2.69. The van der Waals surface area contributed by atoms with Crippen LogP contribution in [0.2, 0.25) is 0 Å². The zero-order valence-corrected chi connectivity index (χ0v) is 12.4. The number of ether oxygens (including phenoxy) is 2. The van der Waals surface area contributed by atoms with E-state index in [2.05, 4.69) is 0 Å². The molecule has 0 spiro atoms. The highest BCUT2D eigenvalue weighted by Gasteiger charge is 2.12. The van der Waals surface area contributed by atoms with Crippen molar-refractivity contribution in [1.29, 1.82) is 0 Å². The van der Waals surface area contributed by atoms with Gasteiger partial charge in [0.05, 0.1) is 7.11 Å². The number of carbonyl (C=O) groups excluding carboxylic acids is 1. The van der Waals surface area contributed by atoms with Gasteiger partial charge >= 0.3 is 0 Å². The Morgan fingerprint density at radius 1 is 1.26 bits per heavy atom. The summed E-state index contributed by atoms with van der Waals surface area (Å²) >= 11 is 5.76. The number of hydrogen-bond donors (Lipinski definition) is 0. The Morgan fingerprint density at radius 2 is 1.95 bits per heavy atom. The number of alkyl halides is 1. The van der Waals surface area contributed by atoms with Gasteiger partial charge in [-0.1, -0.05) is 6.07 Å². The number of likely N-dealkylation sites (N-methyl/N-ethyl adjacent to an activating group) is 1. The van der Waals surface area contributed by atoms with Gasteiger partial charge in [0.2, 0.25) is 0 Å². The van der Waals surface area contributed by atoms with Crippen LogP contribution in [0, 0.1) is 0 Å². The molecule has 0 saturated carbocycles. The van der Waals surface area contributed by atoms with Crippen LogP contribution in [-0.2, 0) is 10.7 Å². The van der Waals surface area contributed by atoms with Crippen LogP contribution >= 0.6 is 11.6 Å². The average Bonchev–Trinajstić information content (AvgIpc) is 2.46. The van der Waals surface area contributed by atoms with Crippen molar-refractivity contribution in [3.63, 3.8) is 0 Å². The smallest absolute Gasteiger partial charge is 0.260 e. The second kappa shape index (κ2) is 7.89. The van der Waals surface area contributed by atoms with E-state index in [4.69, 9.17) is 21.1 Å². The molecule has 106 valence electrons. The van der Waals surface area contributed by atoms with Crippen molar-refractivity contribution in [3.8, 4) is 11.5 Å². The molecule has 1 aromatic rings. The van der Waals surface area contributed by atoms with Gasteiger partial charge in [-0.3, -0.25) is 4.79 Å². The van der Waals surface area contributed by atoms with Crippen molar-refractivity contribution in [1.82, 2.24) is 4.90 Å². The Bertz CT molecular complexity index is 419. The fourth-order valence-electron chi connectivity index (χ4n) is 1.72. The van der Waals surface area contributed by atoms with Crippen molar-refractivity contribution in [3.05, 3.63) is 23.8 Å². The van der Waals surface area contributed by atoms with Crippen molar-refractivity contribution in [2.45, 2.75) is 19.7 Å². The Morgan fingerprint density at radius 3 is 2.47 bits per heavy atom. The number of benzene rings is 1. The lowest BCUT2D eigenvalue weighted by Crippen LogP contribution is -2.34. The summed E-state index contributed by atoms with van der Waals surface area (Å²) in [6.07, 6.45) is 0. The highest BCUT2D eigenvalue weighted by molar-refractivity contribution is 6.17. The minimum Gasteiger partial charge on any atom is -0.493 e. The molecule has 0 fully saturated rings. The molecule has 0 heterocycles. The second-order valence-electron chi connectivity index (χ2n) is 3.97. The van der Waals surface area contributed by atoms with Crippen LogP contribution in [0.15, 0.2) is 18.2 Å². The van der Waals surface area contributed by atoms with E-state index in [0.29, 0.717) is 30.5 Å². The fourth-order valence-corrected chi connectivity index (χ4v) is 1.89. The third kappa shape index (κ3) is 4.31. The molecule has 0 radical (unpaired) electrons. The first kappa shape index (κ1) is 15.6. The van der Waals surface area contributed by atoms with Gasteiger partial charge in [-0.15, -0.1) is 11.6 Å². The molecular weight excluding hydrogens is 266 g/mol. The maximum Gasteiger partial charge on any atom is 0.260 e.